The fraction of sp³-hybridized carbons (Fsp3) is 0.176. The predicted octanol–water partition coefficient (Wildman–Crippen LogP) is 3.97. The Morgan fingerprint density at radius 1 is 1.26 bits per heavy atom. The number of rotatable bonds is 2. The molecular formula is C17H15ClN2O3. The number of halogens is 1. The molecule has 118 valence electrons. The van der Waals surface area contributed by atoms with Gasteiger partial charge in [-0.1, -0.05) is 17.7 Å². The molecule has 2 aromatic rings. The number of nitrogens with one attached hydrogen (secondary N) is 1. The zero-order valence-electron chi connectivity index (χ0n) is 12.5. The first-order chi connectivity index (χ1) is 11.1. The number of methoxy groups -OCH3 is 1. The SMILES string of the molecule is COc1ccc2c(c1)N(C(=O)Nc1cccc(Cl)c1)CCC2=O. The van der Waals surface area contributed by atoms with Crippen LogP contribution >= 0.6 is 11.6 Å². The van der Waals surface area contributed by atoms with Crippen molar-refractivity contribution in [1.29, 1.82) is 0 Å². The first-order valence-electron chi connectivity index (χ1n) is 7.14. The van der Waals surface area contributed by atoms with Crippen LogP contribution in [0.3, 0.4) is 0 Å². The quantitative estimate of drug-likeness (QED) is 0.906. The molecule has 6 heteroatoms. The molecule has 1 aliphatic heterocycles. The lowest BCUT2D eigenvalue weighted by Crippen LogP contribution is -2.40. The van der Waals surface area contributed by atoms with Crippen molar-refractivity contribution < 1.29 is 14.3 Å². The lowest BCUT2D eigenvalue weighted by Gasteiger charge is -2.29. The van der Waals surface area contributed by atoms with Crippen LogP contribution in [-0.2, 0) is 0 Å². The number of fused-ring (bicyclic) bond motifs is 1. The first kappa shape index (κ1) is 15.4. The Balaban J connectivity index is 1.90. The lowest BCUT2D eigenvalue weighted by atomic mass is 10.0. The van der Waals surface area contributed by atoms with Gasteiger partial charge in [0, 0.05) is 35.3 Å². The normalized spacial score (nSPS) is 13.5. The molecular weight excluding hydrogens is 316 g/mol. The number of ether oxygens (including phenoxy) is 1. The highest BCUT2D eigenvalue weighted by molar-refractivity contribution is 6.31. The number of hydrogen-bond donors (Lipinski definition) is 1. The molecule has 5 nitrogen and oxygen atoms in total. The van der Waals surface area contributed by atoms with Crippen LogP contribution in [0.15, 0.2) is 42.5 Å². The van der Waals surface area contributed by atoms with Gasteiger partial charge in [0.25, 0.3) is 0 Å². The Hall–Kier alpha value is -2.53. The number of carbonyl (C=O) groups excluding carboxylic acids is 2. The largest absolute Gasteiger partial charge is 0.497 e. The maximum atomic E-state index is 12.6. The Kier molecular flexibility index (Phi) is 4.21. The highest BCUT2D eigenvalue weighted by Crippen LogP contribution is 2.31. The van der Waals surface area contributed by atoms with Crippen LogP contribution in [-0.4, -0.2) is 25.5 Å². The third-order valence-corrected chi connectivity index (χ3v) is 3.91. The van der Waals surface area contributed by atoms with Crippen molar-refractivity contribution in [2.24, 2.45) is 0 Å². The Morgan fingerprint density at radius 3 is 2.83 bits per heavy atom. The third kappa shape index (κ3) is 3.14. The third-order valence-electron chi connectivity index (χ3n) is 3.68. The molecule has 0 atom stereocenters. The van der Waals surface area contributed by atoms with Gasteiger partial charge in [-0.3, -0.25) is 9.69 Å². The summed E-state index contributed by atoms with van der Waals surface area (Å²) in [5.74, 6) is 0.619. The minimum atomic E-state index is -0.311. The molecule has 0 bridgehead atoms. The second kappa shape index (κ2) is 6.30. The van der Waals surface area contributed by atoms with E-state index in [-0.39, 0.29) is 11.8 Å². The number of amides is 2. The van der Waals surface area contributed by atoms with Crippen molar-refractivity contribution in [2.45, 2.75) is 6.42 Å². The molecule has 2 amide bonds. The van der Waals surface area contributed by atoms with E-state index < -0.39 is 0 Å². The Labute approximate surface area is 138 Å². The van der Waals surface area contributed by atoms with Crippen LogP contribution in [0.2, 0.25) is 5.02 Å². The smallest absolute Gasteiger partial charge is 0.326 e. The van der Waals surface area contributed by atoms with E-state index in [9.17, 15) is 9.59 Å². The summed E-state index contributed by atoms with van der Waals surface area (Å²) >= 11 is 5.93. The van der Waals surface area contributed by atoms with Gasteiger partial charge in [0.15, 0.2) is 5.78 Å². The van der Waals surface area contributed by atoms with Crippen molar-refractivity contribution in [3.05, 3.63) is 53.1 Å². The van der Waals surface area contributed by atoms with Crippen LogP contribution < -0.4 is 15.0 Å². The molecule has 23 heavy (non-hydrogen) atoms. The molecule has 3 rings (SSSR count). The monoisotopic (exact) mass is 330 g/mol. The first-order valence-corrected chi connectivity index (χ1v) is 7.51. The Bertz CT molecular complexity index is 776. The molecule has 0 spiro atoms. The van der Waals surface area contributed by atoms with Gasteiger partial charge in [0.1, 0.15) is 5.75 Å². The van der Waals surface area contributed by atoms with Gasteiger partial charge in [-0.15, -0.1) is 0 Å². The topological polar surface area (TPSA) is 58.6 Å². The summed E-state index contributed by atoms with van der Waals surface area (Å²) < 4.78 is 5.19. The fourth-order valence-corrected chi connectivity index (χ4v) is 2.72. The summed E-state index contributed by atoms with van der Waals surface area (Å²) in [4.78, 5) is 26.1. The molecule has 0 saturated carbocycles. The number of ketones is 1. The summed E-state index contributed by atoms with van der Waals surface area (Å²) in [7, 11) is 1.54. The van der Waals surface area contributed by atoms with E-state index in [0.29, 0.717) is 40.7 Å². The average molecular weight is 331 g/mol. The standard InChI is InChI=1S/C17H15ClN2O3/c1-23-13-5-6-14-15(10-13)20(8-7-16(14)21)17(22)19-12-4-2-3-11(18)9-12/h2-6,9-10H,7-8H2,1H3,(H,19,22). The van der Waals surface area contributed by atoms with Gasteiger partial charge in [0.05, 0.1) is 12.8 Å². The van der Waals surface area contributed by atoms with Crippen molar-refractivity contribution >= 4 is 34.8 Å². The number of hydrogen-bond acceptors (Lipinski definition) is 3. The van der Waals surface area contributed by atoms with E-state index >= 15 is 0 Å². The molecule has 0 fully saturated rings. The van der Waals surface area contributed by atoms with E-state index in [1.54, 1.807) is 54.5 Å². The molecule has 0 aromatic heterocycles. The number of urea groups is 1. The van der Waals surface area contributed by atoms with Gasteiger partial charge in [0.2, 0.25) is 0 Å². The second-order valence-corrected chi connectivity index (χ2v) is 5.58. The fourth-order valence-electron chi connectivity index (χ4n) is 2.53. The van der Waals surface area contributed by atoms with Gasteiger partial charge in [-0.05, 0) is 30.3 Å². The number of carbonyl (C=O) groups is 2. The van der Waals surface area contributed by atoms with E-state index in [1.807, 2.05) is 0 Å². The van der Waals surface area contributed by atoms with Crippen molar-refractivity contribution in [3.8, 4) is 5.75 Å². The zero-order chi connectivity index (χ0) is 16.4. The van der Waals surface area contributed by atoms with Crippen molar-refractivity contribution in [1.82, 2.24) is 0 Å². The van der Waals surface area contributed by atoms with Gasteiger partial charge < -0.3 is 10.1 Å². The summed E-state index contributed by atoms with van der Waals surface area (Å²) in [5, 5.41) is 3.34. The molecule has 0 radical (unpaired) electrons. The van der Waals surface area contributed by atoms with Crippen LogP contribution in [0.4, 0.5) is 16.2 Å². The number of Topliss-reactive ketones (excluding diaryl/α,β-unsaturated/α-hetero) is 1. The number of nitrogens with zero attached hydrogens (tertiary/aromatic N) is 1. The van der Waals surface area contributed by atoms with Crippen molar-refractivity contribution in [3.63, 3.8) is 0 Å². The summed E-state index contributed by atoms with van der Waals surface area (Å²) in [6.07, 6.45) is 0.294. The minimum Gasteiger partial charge on any atom is -0.497 e. The zero-order valence-corrected chi connectivity index (χ0v) is 13.3. The van der Waals surface area contributed by atoms with E-state index in [1.165, 1.54) is 0 Å². The highest BCUT2D eigenvalue weighted by atomic mass is 35.5. The number of anilines is 2. The summed E-state index contributed by atoms with van der Waals surface area (Å²) in [6.45, 7) is 0.325. The minimum absolute atomic E-state index is 0.0226. The van der Waals surface area contributed by atoms with Crippen LogP contribution in [0.1, 0.15) is 16.8 Å². The van der Waals surface area contributed by atoms with E-state index in [2.05, 4.69) is 5.32 Å². The maximum Gasteiger partial charge on any atom is 0.326 e. The van der Waals surface area contributed by atoms with Crippen LogP contribution in [0.5, 0.6) is 5.75 Å². The molecule has 2 aromatic carbocycles. The predicted molar refractivity (Wildman–Crippen MR) is 89.8 cm³/mol. The van der Waals surface area contributed by atoms with Crippen LogP contribution in [0.25, 0.3) is 0 Å². The summed E-state index contributed by atoms with van der Waals surface area (Å²) in [6, 6.07) is 11.7. The van der Waals surface area contributed by atoms with Crippen molar-refractivity contribution in [2.75, 3.05) is 23.9 Å². The van der Waals surface area contributed by atoms with Gasteiger partial charge >= 0.3 is 6.03 Å². The van der Waals surface area contributed by atoms with Crippen LogP contribution in [0, 0.1) is 0 Å². The molecule has 0 unspecified atom stereocenters. The van der Waals surface area contributed by atoms with E-state index in [4.69, 9.17) is 16.3 Å². The molecule has 1 N–H and O–H groups in total. The maximum absolute atomic E-state index is 12.6. The molecule has 1 heterocycles. The van der Waals surface area contributed by atoms with Gasteiger partial charge in [-0.2, -0.15) is 0 Å². The molecule has 0 aliphatic carbocycles. The molecule has 0 saturated heterocycles. The second-order valence-electron chi connectivity index (χ2n) is 5.15. The Morgan fingerprint density at radius 2 is 2.09 bits per heavy atom. The average Bonchev–Trinajstić information content (AvgIpc) is 2.54. The van der Waals surface area contributed by atoms with Gasteiger partial charge in [-0.25, -0.2) is 4.79 Å². The summed E-state index contributed by atoms with van der Waals surface area (Å²) in [5.41, 5.74) is 1.68. The lowest BCUT2D eigenvalue weighted by molar-refractivity contribution is 0.0981. The highest BCUT2D eigenvalue weighted by Gasteiger charge is 2.27. The number of benzene rings is 2. The molecule has 1 aliphatic rings. The van der Waals surface area contributed by atoms with E-state index in [0.717, 1.165) is 0 Å².